The molecule has 9 aliphatic rings. The summed E-state index contributed by atoms with van der Waals surface area (Å²) in [5, 5.41) is 0. The van der Waals surface area contributed by atoms with Crippen LogP contribution in [0.1, 0.15) is 154 Å². The average molecular weight is 853 g/mol. The molecule has 0 amide bonds. The maximum atomic E-state index is 7.04. The van der Waals surface area contributed by atoms with Crippen LogP contribution in [-0.2, 0) is 0 Å². The lowest BCUT2D eigenvalue weighted by Gasteiger charge is -2.55. The van der Waals surface area contributed by atoms with E-state index in [1.165, 1.54) is 154 Å². The Morgan fingerprint density at radius 2 is 0.268 bits per heavy atom. The van der Waals surface area contributed by atoms with Gasteiger partial charge in [0.2, 0.25) is 30.0 Å². The summed E-state index contributed by atoms with van der Waals surface area (Å²) in [7, 11) is -10.5. The standard InChI is InChI=1S/C40H80N12P4/c1-9-25-45(26-10-1)53(46-27-11-2-12-28-46)41-54(47-29-13-3-14-30-47,48-31-15-4-16-32-48)43-56(51-37-21-7-22-38-51,52-39-23-8-24-40-52)44-55(42-53,49-33-17-5-18-34-49)50-35-19-6-20-36-50/h1-40H2. The van der Waals surface area contributed by atoms with E-state index in [9.17, 15) is 0 Å². The fraction of sp³-hybridized carbons (Fsp3) is 1.00. The van der Waals surface area contributed by atoms with Crippen LogP contribution in [0, 0.1) is 0 Å². The molecule has 16 heteroatoms. The van der Waals surface area contributed by atoms with Crippen LogP contribution in [-0.4, -0.2) is 142 Å². The van der Waals surface area contributed by atoms with Gasteiger partial charge >= 0.3 is 0 Å². The lowest BCUT2D eigenvalue weighted by molar-refractivity contribution is 0.288. The maximum absolute atomic E-state index is 7.04. The zero-order valence-corrected chi connectivity index (χ0v) is 39.0. The van der Waals surface area contributed by atoms with Gasteiger partial charge in [-0.3, -0.25) is 0 Å². The Kier molecular flexibility index (Phi) is 14.5. The molecule has 320 valence electrons. The molecule has 56 heavy (non-hydrogen) atoms. The Hall–Kier alpha value is 0.600. The van der Waals surface area contributed by atoms with Gasteiger partial charge in [-0.25, -0.2) is 37.4 Å². The number of hydrogen-bond donors (Lipinski definition) is 0. The minimum atomic E-state index is -2.62. The van der Waals surface area contributed by atoms with Gasteiger partial charge in [-0.15, -0.1) is 0 Å². The maximum Gasteiger partial charge on any atom is 0.221 e. The highest BCUT2D eigenvalue weighted by atomic mass is 31.3. The first-order valence-corrected chi connectivity index (χ1v) is 30.7. The molecule has 8 saturated heterocycles. The number of nitrogens with zero attached hydrogens (tertiary/aromatic N) is 12. The molecule has 0 aliphatic carbocycles. The zero-order valence-electron chi connectivity index (χ0n) is 35.4. The van der Waals surface area contributed by atoms with Crippen molar-refractivity contribution in [1.82, 2.24) is 37.4 Å². The lowest BCUT2D eigenvalue weighted by atomic mass is 10.2. The summed E-state index contributed by atoms with van der Waals surface area (Å²) in [5.41, 5.74) is 0. The Morgan fingerprint density at radius 3 is 0.375 bits per heavy atom. The van der Waals surface area contributed by atoms with Crippen molar-refractivity contribution in [2.45, 2.75) is 154 Å². The fourth-order valence-electron chi connectivity index (χ4n) is 11.5. The normalized spacial score (nSPS) is 32.9. The molecule has 0 radical (unpaired) electrons. The monoisotopic (exact) mass is 853 g/mol. The van der Waals surface area contributed by atoms with Crippen molar-refractivity contribution in [2.75, 3.05) is 105 Å². The van der Waals surface area contributed by atoms with E-state index in [0.717, 1.165) is 105 Å². The lowest BCUT2D eigenvalue weighted by Crippen LogP contribution is -2.43. The fourth-order valence-corrected chi connectivity index (χ4v) is 33.7. The summed E-state index contributed by atoms with van der Waals surface area (Å²) in [4.78, 5) is 0. The molecule has 8 fully saturated rings. The number of hydrogen-bond acceptors (Lipinski definition) is 12. The second kappa shape index (κ2) is 19.3. The van der Waals surface area contributed by atoms with Gasteiger partial charge in [-0.05, 0) is 103 Å². The molecule has 9 aliphatic heterocycles. The third kappa shape index (κ3) is 8.41. The van der Waals surface area contributed by atoms with Crippen LogP contribution in [0.5, 0.6) is 0 Å². The molecule has 0 atom stereocenters. The van der Waals surface area contributed by atoms with E-state index in [2.05, 4.69) is 37.4 Å². The average Bonchev–Trinajstić information content (AvgIpc) is 3.29. The molecule has 0 saturated carbocycles. The topological polar surface area (TPSA) is 75.4 Å². The largest absolute Gasteiger partial charge is 0.240 e. The molecule has 0 N–H and O–H groups in total. The van der Waals surface area contributed by atoms with Gasteiger partial charge in [0.05, 0.1) is 0 Å². The highest BCUT2D eigenvalue weighted by Crippen LogP contribution is 2.85. The summed E-state index contributed by atoms with van der Waals surface area (Å²) in [5.74, 6) is 0. The van der Waals surface area contributed by atoms with Crippen molar-refractivity contribution in [2.24, 2.45) is 18.1 Å². The summed E-state index contributed by atoms with van der Waals surface area (Å²) in [6, 6.07) is 0. The highest BCUT2D eigenvalue weighted by molar-refractivity contribution is 7.83. The van der Waals surface area contributed by atoms with E-state index >= 15 is 0 Å². The van der Waals surface area contributed by atoms with Crippen molar-refractivity contribution in [3.05, 3.63) is 0 Å². The third-order valence-electron chi connectivity index (χ3n) is 14.7. The van der Waals surface area contributed by atoms with Crippen molar-refractivity contribution in [1.29, 1.82) is 0 Å². The van der Waals surface area contributed by atoms with Crippen LogP contribution < -0.4 is 0 Å². The first-order valence-electron chi connectivity index (χ1n) is 24.3. The van der Waals surface area contributed by atoms with Crippen LogP contribution in [0.15, 0.2) is 18.1 Å². The van der Waals surface area contributed by atoms with Crippen molar-refractivity contribution >= 4 is 30.0 Å². The predicted molar refractivity (Wildman–Crippen MR) is 241 cm³/mol. The van der Waals surface area contributed by atoms with Crippen LogP contribution >= 0.6 is 30.0 Å². The third-order valence-corrected chi connectivity index (χ3v) is 31.6. The van der Waals surface area contributed by atoms with E-state index < -0.39 is 30.0 Å². The first-order chi connectivity index (χ1) is 27.7. The Bertz CT molecular complexity index is 1170. The highest BCUT2D eigenvalue weighted by Gasteiger charge is 2.53. The van der Waals surface area contributed by atoms with E-state index in [-0.39, 0.29) is 0 Å². The molecule has 0 aromatic heterocycles. The minimum absolute atomic E-state index is 1.15. The van der Waals surface area contributed by atoms with E-state index in [4.69, 9.17) is 18.1 Å². The summed E-state index contributed by atoms with van der Waals surface area (Å²) < 4.78 is 52.0. The van der Waals surface area contributed by atoms with Crippen LogP contribution in [0.2, 0.25) is 0 Å². The van der Waals surface area contributed by atoms with E-state index in [0.29, 0.717) is 0 Å². The summed E-state index contributed by atoms with van der Waals surface area (Å²) >= 11 is 0. The number of rotatable bonds is 8. The quantitative estimate of drug-likeness (QED) is 0.224. The Balaban J connectivity index is 1.45. The predicted octanol–water partition coefficient (Wildman–Crippen LogP) is 11.7. The minimum Gasteiger partial charge on any atom is -0.240 e. The van der Waals surface area contributed by atoms with Crippen molar-refractivity contribution in [3.63, 3.8) is 0 Å². The van der Waals surface area contributed by atoms with Gasteiger partial charge in [0.25, 0.3) is 0 Å². The second-order valence-corrected chi connectivity index (χ2v) is 30.3. The molecule has 0 aromatic rings. The van der Waals surface area contributed by atoms with E-state index in [1.54, 1.807) is 0 Å². The molecule has 0 unspecified atom stereocenters. The Morgan fingerprint density at radius 1 is 0.161 bits per heavy atom. The Labute approximate surface area is 343 Å². The van der Waals surface area contributed by atoms with Gasteiger partial charge in [-0.1, -0.05) is 51.4 Å². The van der Waals surface area contributed by atoms with Gasteiger partial charge in [0.1, 0.15) is 0 Å². The van der Waals surface area contributed by atoms with Crippen LogP contribution in [0.3, 0.4) is 0 Å². The smallest absolute Gasteiger partial charge is 0.221 e. The molecule has 0 bridgehead atoms. The van der Waals surface area contributed by atoms with Gasteiger partial charge in [-0.2, -0.15) is 18.1 Å². The van der Waals surface area contributed by atoms with Crippen molar-refractivity contribution in [3.8, 4) is 0 Å². The molecular formula is C40H80N12P4. The summed E-state index contributed by atoms with van der Waals surface area (Å²) in [6.07, 6.45) is 31.3. The van der Waals surface area contributed by atoms with Crippen LogP contribution in [0.4, 0.5) is 0 Å². The first kappa shape index (κ1) is 41.9. The summed E-state index contributed by atoms with van der Waals surface area (Å²) in [6.45, 7) is 18.4. The van der Waals surface area contributed by atoms with Gasteiger partial charge in [0.15, 0.2) is 0 Å². The van der Waals surface area contributed by atoms with Crippen molar-refractivity contribution < 1.29 is 0 Å². The number of piperidine rings is 8. The molecular weight excluding hydrogens is 772 g/mol. The molecule has 12 nitrogen and oxygen atoms in total. The molecule has 0 spiro atoms. The SMILES string of the molecule is C1CCN(P2(N3CCCCC3)=NP(N3CCCCC3)(N3CCCCC3)=NP(N3CCCCC3)(N3CCCCC3)=NP(N3CCCCC3)(N3CCCCC3)=N2)CC1. The molecule has 9 heterocycles. The van der Waals surface area contributed by atoms with Gasteiger partial charge < -0.3 is 0 Å². The molecule has 0 aromatic carbocycles. The van der Waals surface area contributed by atoms with Gasteiger partial charge in [0, 0.05) is 105 Å². The van der Waals surface area contributed by atoms with E-state index in [1.807, 2.05) is 0 Å². The zero-order chi connectivity index (χ0) is 37.7. The van der Waals surface area contributed by atoms with Crippen LogP contribution in [0.25, 0.3) is 0 Å². The molecule has 9 rings (SSSR count). The second-order valence-electron chi connectivity index (χ2n) is 18.6.